The van der Waals surface area contributed by atoms with Crippen LogP contribution in [0.25, 0.3) is 0 Å². The summed E-state index contributed by atoms with van der Waals surface area (Å²) in [6.07, 6.45) is 2.07. The first-order chi connectivity index (χ1) is 8.61. The van der Waals surface area contributed by atoms with Gasteiger partial charge in [0.05, 0.1) is 18.2 Å². The van der Waals surface area contributed by atoms with Crippen molar-refractivity contribution < 1.29 is 13.5 Å². The van der Waals surface area contributed by atoms with Crippen LogP contribution in [0, 0.1) is 11.6 Å². The molecular weight excluding hydrogens is 238 g/mol. The summed E-state index contributed by atoms with van der Waals surface area (Å²) in [5.74, 6) is 4.39. The van der Waals surface area contributed by atoms with E-state index >= 15 is 0 Å². The minimum Gasteiger partial charge on any atom is -0.374 e. The summed E-state index contributed by atoms with van der Waals surface area (Å²) < 4.78 is 32.8. The third-order valence-electron chi connectivity index (χ3n) is 3.41. The molecule has 0 aliphatic carbocycles. The van der Waals surface area contributed by atoms with Crippen LogP contribution >= 0.6 is 0 Å². The fraction of sp³-hybridized carbons (Fsp3) is 0.538. The van der Waals surface area contributed by atoms with E-state index in [0.29, 0.717) is 0 Å². The Morgan fingerprint density at radius 3 is 2.56 bits per heavy atom. The summed E-state index contributed by atoms with van der Waals surface area (Å²) >= 11 is 0. The van der Waals surface area contributed by atoms with E-state index in [-0.39, 0.29) is 30.2 Å². The first-order valence-electron chi connectivity index (χ1n) is 6.16. The molecule has 0 saturated carbocycles. The second-order valence-corrected chi connectivity index (χ2v) is 4.74. The predicted octanol–water partition coefficient (Wildman–Crippen LogP) is 1.91. The van der Waals surface area contributed by atoms with Crippen LogP contribution in [0.5, 0.6) is 0 Å². The Morgan fingerprint density at radius 2 is 2.06 bits per heavy atom. The molecule has 18 heavy (non-hydrogen) atoms. The number of halogens is 2. The van der Waals surface area contributed by atoms with Crippen molar-refractivity contribution in [3.63, 3.8) is 0 Å². The van der Waals surface area contributed by atoms with Crippen LogP contribution in [-0.4, -0.2) is 18.2 Å². The lowest BCUT2D eigenvalue weighted by atomic mass is 9.99. The molecule has 0 radical (unpaired) electrons. The third-order valence-corrected chi connectivity index (χ3v) is 3.41. The van der Waals surface area contributed by atoms with E-state index in [1.54, 1.807) is 0 Å². The van der Waals surface area contributed by atoms with E-state index in [1.807, 2.05) is 6.92 Å². The van der Waals surface area contributed by atoms with Crippen LogP contribution in [0.3, 0.4) is 0 Å². The lowest BCUT2D eigenvalue weighted by Crippen LogP contribution is -2.45. The van der Waals surface area contributed by atoms with Gasteiger partial charge in [-0.2, -0.15) is 0 Å². The van der Waals surface area contributed by atoms with E-state index in [2.05, 4.69) is 5.43 Å². The minimum absolute atomic E-state index is 0.0589. The highest BCUT2D eigenvalue weighted by molar-refractivity contribution is 5.21. The van der Waals surface area contributed by atoms with E-state index < -0.39 is 11.6 Å². The van der Waals surface area contributed by atoms with Crippen molar-refractivity contribution in [1.29, 1.82) is 0 Å². The van der Waals surface area contributed by atoms with E-state index in [1.165, 1.54) is 18.2 Å². The molecule has 0 bridgehead atoms. The summed E-state index contributed by atoms with van der Waals surface area (Å²) in [6, 6.07) is 3.59. The molecule has 1 fully saturated rings. The molecule has 3 N–H and O–H groups in total. The van der Waals surface area contributed by atoms with Gasteiger partial charge in [-0.3, -0.25) is 11.3 Å². The zero-order chi connectivity index (χ0) is 13.1. The van der Waals surface area contributed by atoms with Crippen LogP contribution in [-0.2, 0) is 11.2 Å². The van der Waals surface area contributed by atoms with Gasteiger partial charge in [-0.1, -0.05) is 6.07 Å². The van der Waals surface area contributed by atoms with Crippen molar-refractivity contribution in [2.45, 2.75) is 44.4 Å². The number of nitrogens with one attached hydrogen (secondary N) is 1. The Bertz CT molecular complexity index is 394. The van der Waals surface area contributed by atoms with Crippen LogP contribution in [0.15, 0.2) is 18.2 Å². The second-order valence-electron chi connectivity index (χ2n) is 4.74. The number of benzene rings is 1. The van der Waals surface area contributed by atoms with Crippen molar-refractivity contribution in [2.75, 3.05) is 0 Å². The smallest absolute Gasteiger partial charge is 0.129 e. The van der Waals surface area contributed by atoms with Gasteiger partial charge in [-0.15, -0.1) is 0 Å². The van der Waals surface area contributed by atoms with Crippen molar-refractivity contribution in [3.05, 3.63) is 35.4 Å². The Morgan fingerprint density at radius 1 is 1.39 bits per heavy atom. The van der Waals surface area contributed by atoms with Crippen molar-refractivity contribution in [2.24, 2.45) is 5.84 Å². The molecule has 2 rings (SSSR count). The standard InChI is InChI=1S/C13H18F2N2O/c1-8-5-6-13(18-8)12(17-16)7-9-10(14)3-2-4-11(9)15/h2-4,8,12-13,17H,5-7,16H2,1H3. The highest BCUT2D eigenvalue weighted by Crippen LogP contribution is 2.24. The molecule has 0 spiro atoms. The Hall–Kier alpha value is -1.04. The van der Waals surface area contributed by atoms with Gasteiger partial charge in [0.1, 0.15) is 11.6 Å². The summed E-state index contributed by atoms with van der Waals surface area (Å²) in [7, 11) is 0. The molecule has 1 aliphatic rings. The van der Waals surface area contributed by atoms with Crippen molar-refractivity contribution >= 4 is 0 Å². The van der Waals surface area contributed by atoms with Gasteiger partial charge < -0.3 is 4.74 Å². The molecule has 1 saturated heterocycles. The molecule has 1 aromatic rings. The number of rotatable bonds is 4. The van der Waals surface area contributed by atoms with E-state index in [4.69, 9.17) is 10.6 Å². The second kappa shape index (κ2) is 5.73. The maximum atomic E-state index is 13.6. The molecule has 1 aliphatic heterocycles. The van der Waals surface area contributed by atoms with Crippen LogP contribution < -0.4 is 11.3 Å². The van der Waals surface area contributed by atoms with Crippen LogP contribution in [0.1, 0.15) is 25.3 Å². The summed E-state index contributed by atoms with van der Waals surface area (Å²) in [5.41, 5.74) is 2.67. The minimum atomic E-state index is -0.540. The molecule has 0 aromatic heterocycles. The normalized spacial score (nSPS) is 25.3. The number of hydrogen-bond donors (Lipinski definition) is 2. The molecule has 3 atom stereocenters. The van der Waals surface area contributed by atoms with Crippen molar-refractivity contribution in [1.82, 2.24) is 5.43 Å². The summed E-state index contributed by atoms with van der Waals surface area (Å²) in [5, 5.41) is 0. The Kier molecular flexibility index (Phi) is 4.27. The van der Waals surface area contributed by atoms with Gasteiger partial charge in [-0.05, 0) is 38.3 Å². The first-order valence-corrected chi connectivity index (χ1v) is 6.16. The summed E-state index contributed by atoms with van der Waals surface area (Å²) in [6.45, 7) is 1.98. The molecule has 100 valence electrons. The average Bonchev–Trinajstić information content (AvgIpc) is 2.76. The quantitative estimate of drug-likeness (QED) is 0.639. The predicted molar refractivity (Wildman–Crippen MR) is 64.7 cm³/mol. The lowest BCUT2D eigenvalue weighted by molar-refractivity contribution is 0.0317. The van der Waals surface area contributed by atoms with Gasteiger partial charge >= 0.3 is 0 Å². The molecule has 3 nitrogen and oxygen atoms in total. The molecular formula is C13H18F2N2O. The van der Waals surface area contributed by atoms with Gasteiger partial charge in [0, 0.05) is 5.56 Å². The highest BCUT2D eigenvalue weighted by atomic mass is 19.1. The SMILES string of the molecule is CC1CCC(C(Cc2c(F)cccc2F)NN)O1. The molecule has 5 heteroatoms. The number of hydrazine groups is 1. The van der Waals surface area contributed by atoms with Gasteiger partial charge in [0.15, 0.2) is 0 Å². The van der Waals surface area contributed by atoms with E-state index in [9.17, 15) is 8.78 Å². The van der Waals surface area contributed by atoms with Gasteiger partial charge in [0.2, 0.25) is 0 Å². The topological polar surface area (TPSA) is 47.3 Å². The fourth-order valence-electron chi connectivity index (χ4n) is 2.37. The number of nitrogens with two attached hydrogens (primary N) is 1. The number of hydrogen-bond acceptors (Lipinski definition) is 3. The van der Waals surface area contributed by atoms with Crippen LogP contribution in [0.4, 0.5) is 8.78 Å². The largest absolute Gasteiger partial charge is 0.374 e. The fourth-order valence-corrected chi connectivity index (χ4v) is 2.37. The monoisotopic (exact) mass is 256 g/mol. The highest BCUT2D eigenvalue weighted by Gasteiger charge is 2.30. The first kappa shape index (κ1) is 13.4. The zero-order valence-electron chi connectivity index (χ0n) is 10.3. The van der Waals surface area contributed by atoms with Crippen LogP contribution in [0.2, 0.25) is 0 Å². The van der Waals surface area contributed by atoms with Gasteiger partial charge in [0.25, 0.3) is 0 Å². The zero-order valence-corrected chi connectivity index (χ0v) is 10.3. The Labute approximate surface area is 105 Å². The van der Waals surface area contributed by atoms with Crippen molar-refractivity contribution in [3.8, 4) is 0 Å². The molecule has 3 unspecified atom stereocenters. The maximum absolute atomic E-state index is 13.6. The number of ether oxygens (including phenoxy) is 1. The summed E-state index contributed by atoms with van der Waals surface area (Å²) in [4.78, 5) is 0. The molecule has 0 amide bonds. The lowest BCUT2D eigenvalue weighted by Gasteiger charge is -2.23. The van der Waals surface area contributed by atoms with Gasteiger partial charge in [-0.25, -0.2) is 8.78 Å². The Balaban J connectivity index is 2.10. The molecule has 1 aromatic carbocycles. The average molecular weight is 256 g/mol. The molecule has 1 heterocycles. The maximum Gasteiger partial charge on any atom is 0.129 e. The van der Waals surface area contributed by atoms with E-state index in [0.717, 1.165) is 12.8 Å². The third kappa shape index (κ3) is 2.85.